The molecule has 0 aliphatic carbocycles. The predicted molar refractivity (Wildman–Crippen MR) is 43.1 cm³/mol. The van der Waals surface area contributed by atoms with Crippen molar-refractivity contribution < 1.29 is 4.79 Å². The van der Waals surface area contributed by atoms with Crippen LogP contribution in [0.4, 0.5) is 0 Å². The van der Waals surface area contributed by atoms with Crippen molar-refractivity contribution in [2.45, 2.75) is 39.2 Å². The molecule has 1 atom stereocenters. The maximum atomic E-state index is 11.4. The van der Waals surface area contributed by atoms with Crippen molar-refractivity contribution >= 4 is 5.91 Å². The van der Waals surface area contributed by atoms with Crippen molar-refractivity contribution in [3.05, 3.63) is 0 Å². The summed E-state index contributed by atoms with van der Waals surface area (Å²) < 4.78 is 0. The second kappa shape index (κ2) is 1.99. The molecule has 0 aromatic heterocycles. The number of hydrogen-bond donors (Lipinski definition) is 0. The highest BCUT2D eigenvalue weighted by molar-refractivity contribution is 5.89. The van der Waals surface area contributed by atoms with Gasteiger partial charge in [0.05, 0.1) is 5.41 Å². The van der Waals surface area contributed by atoms with Crippen LogP contribution in [0.1, 0.15) is 33.1 Å². The quantitative estimate of drug-likeness (QED) is 0.482. The van der Waals surface area contributed by atoms with Gasteiger partial charge in [0.1, 0.15) is 0 Å². The number of β-lactam (4-membered cyclic amide) rings is 1. The minimum atomic E-state index is -0.0412. The van der Waals surface area contributed by atoms with Crippen LogP contribution in [0.25, 0.3) is 0 Å². The fourth-order valence-electron chi connectivity index (χ4n) is 2.37. The standard InChI is InChI=1S/C9H15NO/c1-9(2)7-5-3-4-6-10(7)8(9)11/h7H,3-6H2,1-2H3. The van der Waals surface area contributed by atoms with Gasteiger partial charge in [0.25, 0.3) is 0 Å². The number of hydrogen-bond acceptors (Lipinski definition) is 1. The number of nitrogens with zero attached hydrogens (tertiary/aromatic N) is 1. The Kier molecular flexibility index (Phi) is 1.29. The Bertz CT molecular complexity index is 198. The van der Waals surface area contributed by atoms with Crippen LogP contribution in [0.2, 0.25) is 0 Å². The van der Waals surface area contributed by atoms with E-state index in [0.717, 1.165) is 6.54 Å². The van der Waals surface area contributed by atoms with Crippen molar-refractivity contribution in [2.24, 2.45) is 5.41 Å². The summed E-state index contributed by atoms with van der Waals surface area (Å²) >= 11 is 0. The molecule has 2 rings (SSSR count). The highest BCUT2D eigenvalue weighted by Crippen LogP contribution is 2.43. The van der Waals surface area contributed by atoms with Crippen LogP contribution in [-0.2, 0) is 4.79 Å². The zero-order chi connectivity index (χ0) is 8.06. The Morgan fingerprint density at radius 2 is 2.18 bits per heavy atom. The molecular weight excluding hydrogens is 138 g/mol. The molecule has 0 aromatic rings. The third-order valence-corrected chi connectivity index (χ3v) is 3.15. The maximum absolute atomic E-state index is 11.4. The molecule has 0 bridgehead atoms. The summed E-state index contributed by atoms with van der Waals surface area (Å²) in [7, 11) is 0. The molecule has 0 radical (unpaired) electrons. The van der Waals surface area contributed by atoms with Gasteiger partial charge in [-0.2, -0.15) is 0 Å². The molecule has 62 valence electrons. The third kappa shape index (κ3) is 0.754. The van der Waals surface area contributed by atoms with E-state index in [1.165, 1.54) is 19.3 Å². The maximum Gasteiger partial charge on any atom is 0.230 e. The first-order valence-electron chi connectivity index (χ1n) is 4.45. The molecule has 0 N–H and O–H groups in total. The van der Waals surface area contributed by atoms with Gasteiger partial charge in [-0.15, -0.1) is 0 Å². The zero-order valence-electron chi connectivity index (χ0n) is 7.26. The molecule has 2 aliphatic heterocycles. The summed E-state index contributed by atoms with van der Waals surface area (Å²) in [5.74, 6) is 0.363. The molecule has 1 unspecified atom stereocenters. The number of carbonyl (C=O) groups excluding carboxylic acids is 1. The van der Waals surface area contributed by atoms with Crippen molar-refractivity contribution in [1.29, 1.82) is 0 Å². The number of amides is 1. The van der Waals surface area contributed by atoms with Crippen LogP contribution >= 0.6 is 0 Å². The fraction of sp³-hybridized carbons (Fsp3) is 0.889. The molecule has 2 saturated heterocycles. The lowest BCUT2D eigenvalue weighted by Gasteiger charge is -2.55. The summed E-state index contributed by atoms with van der Waals surface area (Å²) in [6.45, 7) is 5.15. The Balaban J connectivity index is 2.15. The van der Waals surface area contributed by atoms with E-state index in [1.54, 1.807) is 0 Å². The number of rotatable bonds is 0. The third-order valence-electron chi connectivity index (χ3n) is 3.15. The van der Waals surface area contributed by atoms with Crippen molar-refractivity contribution in [3.63, 3.8) is 0 Å². The Hall–Kier alpha value is -0.530. The van der Waals surface area contributed by atoms with E-state index in [9.17, 15) is 4.79 Å². The van der Waals surface area contributed by atoms with E-state index in [-0.39, 0.29) is 5.41 Å². The fourth-order valence-corrected chi connectivity index (χ4v) is 2.37. The zero-order valence-corrected chi connectivity index (χ0v) is 7.26. The molecule has 0 spiro atoms. The number of carbonyl (C=O) groups is 1. The molecule has 0 aromatic carbocycles. The van der Waals surface area contributed by atoms with E-state index in [2.05, 4.69) is 13.8 Å². The van der Waals surface area contributed by atoms with E-state index in [1.807, 2.05) is 4.90 Å². The smallest absolute Gasteiger partial charge is 0.230 e. The normalized spacial score (nSPS) is 34.5. The monoisotopic (exact) mass is 153 g/mol. The Morgan fingerprint density at radius 3 is 2.82 bits per heavy atom. The van der Waals surface area contributed by atoms with Crippen molar-refractivity contribution in [2.75, 3.05) is 6.54 Å². The second-order valence-corrected chi connectivity index (χ2v) is 4.23. The lowest BCUT2D eigenvalue weighted by atomic mass is 9.70. The van der Waals surface area contributed by atoms with Gasteiger partial charge in [0.15, 0.2) is 0 Å². The summed E-state index contributed by atoms with van der Waals surface area (Å²) in [6, 6.07) is 0.559. The molecule has 1 amide bonds. The highest BCUT2D eigenvalue weighted by Gasteiger charge is 2.53. The van der Waals surface area contributed by atoms with Gasteiger partial charge in [-0.1, -0.05) is 0 Å². The van der Waals surface area contributed by atoms with Gasteiger partial charge in [0.2, 0.25) is 5.91 Å². The lowest BCUT2D eigenvalue weighted by Crippen LogP contribution is -2.67. The lowest BCUT2D eigenvalue weighted by molar-refractivity contribution is -0.171. The van der Waals surface area contributed by atoms with Gasteiger partial charge in [0, 0.05) is 12.6 Å². The summed E-state index contributed by atoms with van der Waals surface area (Å²) in [6.07, 6.45) is 3.73. The van der Waals surface area contributed by atoms with Gasteiger partial charge >= 0.3 is 0 Å². The van der Waals surface area contributed by atoms with Gasteiger partial charge < -0.3 is 4.90 Å². The number of fused-ring (bicyclic) bond motifs is 1. The largest absolute Gasteiger partial charge is 0.338 e. The van der Waals surface area contributed by atoms with Gasteiger partial charge in [-0.05, 0) is 33.1 Å². The molecule has 2 heteroatoms. The first kappa shape index (κ1) is 7.14. The van der Waals surface area contributed by atoms with Crippen LogP contribution in [0.15, 0.2) is 0 Å². The minimum absolute atomic E-state index is 0.0412. The highest BCUT2D eigenvalue weighted by atomic mass is 16.2. The van der Waals surface area contributed by atoms with Crippen LogP contribution in [-0.4, -0.2) is 23.4 Å². The van der Waals surface area contributed by atoms with Crippen LogP contribution in [0.5, 0.6) is 0 Å². The van der Waals surface area contributed by atoms with Crippen molar-refractivity contribution in [1.82, 2.24) is 4.90 Å². The molecule has 2 fully saturated rings. The van der Waals surface area contributed by atoms with Crippen LogP contribution in [0.3, 0.4) is 0 Å². The summed E-state index contributed by atoms with van der Waals surface area (Å²) in [5.41, 5.74) is -0.0412. The second-order valence-electron chi connectivity index (χ2n) is 4.23. The van der Waals surface area contributed by atoms with Crippen LogP contribution in [0, 0.1) is 5.41 Å². The molecule has 2 nitrogen and oxygen atoms in total. The predicted octanol–water partition coefficient (Wildman–Crippen LogP) is 1.41. The van der Waals surface area contributed by atoms with E-state index in [0.29, 0.717) is 11.9 Å². The average Bonchev–Trinajstić information content (AvgIpc) is 2.04. The van der Waals surface area contributed by atoms with E-state index < -0.39 is 0 Å². The first-order valence-corrected chi connectivity index (χ1v) is 4.45. The molecule has 0 saturated carbocycles. The van der Waals surface area contributed by atoms with E-state index in [4.69, 9.17) is 0 Å². The molecule has 11 heavy (non-hydrogen) atoms. The van der Waals surface area contributed by atoms with E-state index >= 15 is 0 Å². The van der Waals surface area contributed by atoms with Crippen LogP contribution < -0.4 is 0 Å². The van der Waals surface area contributed by atoms with Gasteiger partial charge in [-0.3, -0.25) is 4.79 Å². The van der Waals surface area contributed by atoms with Gasteiger partial charge in [-0.25, -0.2) is 0 Å². The Labute approximate surface area is 67.6 Å². The van der Waals surface area contributed by atoms with Crippen molar-refractivity contribution in [3.8, 4) is 0 Å². The average molecular weight is 153 g/mol. The number of piperidine rings is 1. The topological polar surface area (TPSA) is 20.3 Å². The molecule has 2 heterocycles. The first-order chi connectivity index (χ1) is 5.14. The summed E-state index contributed by atoms with van der Waals surface area (Å²) in [5, 5.41) is 0. The molecular formula is C9H15NO. The Morgan fingerprint density at radius 1 is 1.45 bits per heavy atom. The molecule has 2 aliphatic rings. The minimum Gasteiger partial charge on any atom is -0.338 e. The summed E-state index contributed by atoms with van der Waals surface area (Å²) in [4.78, 5) is 13.5. The SMILES string of the molecule is CC1(C)C(=O)N2CCCCC21.